The minimum absolute atomic E-state index is 0.122. The van der Waals surface area contributed by atoms with Crippen molar-refractivity contribution < 1.29 is 9.72 Å². The summed E-state index contributed by atoms with van der Waals surface area (Å²) >= 11 is 5.69. The topological polar surface area (TPSA) is 98.0 Å². The highest BCUT2D eigenvalue weighted by Gasteiger charge is 2.16. The zero-order chi connectivity index (χ0) is 26.1. The Morgan fingerprint density at radius 1 is 0.895 bits per heavy atom. The number of hydrogen-bond donors (Lipinski definition) is 1. The summed E-state index contributed by atoms with van der Waals surface area (Å²) in [4.78, 5) is 37.1. The van der Waals surface area contributed by atoms with Crippen LogP contribution in [0.15, 0.2) is 77.5 Å². The van der Waals surface area contributed by atoms with Crippen LogP contribution in [0.25, 0.3) is 43.4 Å². The Bertz CT molecular complexity index is 1810. The van der Waals surface area contributed by atoms with Crippen molar-refractivity contribution in [3.8, 4) is 20.3 Å². The molecule has 0 fully saturated rings. The molecule has 0 spiro atoms. The first-order chi connectivity index (χ1) is 18.5. The van der Waals surface area contributed by atoms with Gasteiger partial charge < -0.3 is 0 Å². The summed E-state index contributed by atoms with van der Waals surface area (Å²) in [7, 11) is 0. The van der Waals surface area contributed by atoms with Crippen molar-refractivity contribution >= 4 is 84.4 Å². The van der Waals surface area contributed by atoms with Crippen LogP contribution in [0.1, 0.15) is 20.9 Å². The molecule has 38 heavy (non-hydrogen) atoms. The van der Waals surface area contributed by atoms with Crippen LogP contribution in [0.4, 0.5) is 10.1 Å². The van der Waals surface area contributed by atoms with E-state index in [-0.39, 0.29) is 15.8 Å². The summed E-state index contributed by atoms with van der Waals surface area (Å²) in [5.41, 5.74) is 2.72. The maximum absolute atomic E-state index is 13.3. The molecule has 0 unspecified atom stereocenters. The molecule has 1 N–H and O–H groups in total. The summed E-state index contributed by atoms with van der Waals surface area (Å²) < 4.78 is 0. The average molecular weight is 573 g/mol. The number of hydrogen-bond acceptors (Lipinski definition) is 9. The highest BCUT2D eigenvalue weighted by atomic mass is 32.1. The average Bonchev–Trinajstić information content (AvgIpc) is 3.73. The molecule has 0 aliphatic rings. The van der Waals surface area contributed by atoms with Crippen LogP contribution < -0.4 is 5.32 Å². The van der Waals surface area contributed by atoms with Gasteiger partial charge >= 0.3 is 5.00 Å². The lowest BCUT2D eigenvalue weighted by atomic mass is 10.1. The van der Waals surface area contributed by atoms with Crippen molar-refractivity contribution in [1.29, 1.82) is 0 Å². The Morgan fingerprint density at radius 2 is 1.74 bits per heavy atom. The van der Waals surface area contributed by atoms with Crippen molar-refractivity contribution in [2.45, 2.75) is 0 Å². The normalized spacial score (nSPS) is 11.4. The smallest absolute Gasteiger partial charge is 0.298 e. The molecule has 186 valence electrons. The maximum Gasteiger partial charge on any atom is 0.324 e. The Kier molecular flexibility index (Phi) is 6.64. The molecule has 6 rings (SSSR count). The third-order valence-corrected chi connectivity index (χ3v) is 9.47. The van der Waals surface area contributed by atoms with E-state index in [4.69, 9.17) is 4.98 Å². The van der Waals surface area contributed by atoms with E-state index in [2.05, 4.69) is 10.3 Å². The van der Waals surface area contributed by atoms with Crippen LogP contribution in [-0.4, -0.2) is 20.8 Å². The number of carbonyl (C=O) groups excluding carboxylic acids is 1. The highest BCUT2D eigenvalue weighted by Crippen LogP contribution is 2.37. The van der Waals surface area contributed by atoms with Crippen LogP contribution in [-0.2, 0) is 0 Å². The van der Waals surface area contributed by atoms with Crippen molar-refractivity contribution in [3.63, 3.8) is 0 Å². The quantitative estimate of drug-likeness (QED) is 0.153. The summed E-state index contributed by atoms with van der Waals surface area (Å²) in [6.07, 6.45) is 3.80. The molecule has 0 aliphatic heterocycles. The first-order valence-corrected chi connectivity index (χ1v) is 14.7. The van der Waals surface area contributed by atoms with E-state index >= 15 is 0 Å². The zero-order valence-electron chi connectivity index (χ0n) is 19.4. The number of nitro groups is 1. The van der Waals surface area contributed by atoms with Gasteiger partial charge in [-0.15, -0.1) is 34.0 Å². The highest BCUT2D eigenvalue weighted by molar-refractivity contribution is 7.24. The number of para-hydroxylation sites is 1. The summed E-state index contributed by atoms with van der Waals surface area (Å²) in [5.74, 6) is -0.247. The van der Waals surface area contributed by atoms with Gasteiger partial charge in [0, 0.05) is 26.6 Å². The summed E-state index contributed by atoms with van der Waals surface area (Å²) in [6, 6.07) is 20.5. The van der Waals surface area contributed by atoms with Crippen molar-refractivity contribution in [1.82, 2.24) is 9.97 Å². The van der Waals surface area contributed by atoms with Gasteiger partial charge in [-0.25, -0.2) is 9.97 Å². The minimum atomic E-state index is -0.376. The molecule has 7 nitrogen and oxygen atoms in total. The van der Waals surface area contributed by atoms with Gasteiger partial charge in [-0.3, -0.25) is 20.2 Å². The fourth-order valence-electron chi connectivity index (χ4n) is 3.80. The molecule has 11 heteroatoms. The number of nitrogens with zero attached hydrogens (tertiary/aromatic N) is 3. The first-order valence-electron chi connectivity index (χ1n) is 11.3. The van der Waals surface area contributed by atoms with Gasteiger partial charge in [-0.1, -0.05) is 35.6 Å². The van der Waals surface area contributed by atoms with E-state index in [0.29, 0.717) is 16.4 Å². The predicted octanol–water partition coefficient (Wildman–Crippen LogP) is 8.54. The molecule has 0 atom stereocenters. The Labute approximate surface area is 232 Å². The molecule has 0 saturated carbocycles. The maximum atomic E-state index is 13.3. The molecule has 6 aromatic rings. The van der Waals surface area contributed by atoms with Gasteiger partial charge in [0.2, 0.25) is 0 Å². The summed E-state index contributed by atoms with van der Waals surface area (Å²) in [6.45, 7) is 0. The van der Waals surface area contributed by atoms with Gasteiger partial charge in [-0.2, -0.15) is 0 Å². The number of thiazole rings is 1. The number of anilines is 1. The minimum Gasteiger partial charge on any atom is -0.298 e. The molecule has 5 aromatic heterocycles. The number of nitrogens with one attached hydrogen (secondary N) is 1. The number of benzene rings is 1. The van der Waals surface area contributed by atoms with Gasteiger partial charge in [0.05, 0.1) is 37.1 Å². The number of pyridine rings is 1. The van der Waals surface area contributed by atoms with Crippen LogP contribution in [0.5, 0.6) is 0 Å². The van der Waals surface area contributed by atoms with Crippen LogP contribution in [0.2, 0.25) is 0 Å². The van der Waals surface area contributed by atoms with E-state index in [1.54, 1.807) is 23.5 Å². The molecule has 0 radical (unpaired) electrons. The third kappa shape index (κ3) is 5.04. The number of amides is 1. The second-order valence-corrected chi connectivity index (χ2v) is 12.0. The van der Waals surface area contributed by atoms with Gasteiger partial charge in [-0.05, 0) is 53.9 Å². The number of rotatable bonds is 7. The second kappa shape index (κ2) is 10.4. The number of thiophene rings is 3. The zero-order valence-corrected chi connectivity index (χ0v) is 22.6. The Balaban J connectivity index is 1.26. The van der Waals surface area contributed by atoms with E-state index in [1.807, 2.05) is 71.4 Å². The second-order valence-electron chi connectivity index (χ2n) is 8.01. The lowest BCUT2D eigenvalue weighted by molar-refractivity contribution is -0.380. The largest absolute Gasteiger partial charge is 0.324 e. The first kappa shape index (κ1) is 24.3. The fraction of sp³-hybridized carbons (Fsp3) is 0. The SMILES string of the molecule is O=C(Nc1nc(-c2cccs2)cs1)c1cc(/C=C/c2ccc(-c3ccc([N+](=O)[O-])s3)s2)nc2ccccc12. The Morgan fingerprint density at radius 3 is 2.55 bits per heavy atom. The molecule has 0 aliphatic carbocycles. The van der Waals surface area contributed by atoms with Crippen molar-refractivity contribution in [2.24, 2.45) is 0 Å². The van der Waals surface area contributed by atoms with Crippen molar-refractivity contribution in [3.05, 3.63) is 104 Å². The molecule has 0 saturated heterocycles. The molecule has 0 bridgehead atoms. The third-order valence-electron chi connectivity index (χ3n) is 5.54. The molecular weight excluding hydrogens is 557 g/mol. The van der Waals surface area contributed by atoms with Crippen LogP contribution >= 0.6 is 45.3 Å². The van der Waals surface area contributed by atoms with Gasteiger partial charge in [0.1, 0.15) is 0 Å². The van der Waals surface area contributed by atoms with E-state index < -0.39 is 0 Å². The van der Waals surface area contributed by atoms with Gasteiger partial charge in [0.15, 0.2) is 5.13 Å². The number of carbonyl (C=O) groups is 1. The monoisotopic (exact) mass is 572 g/mol. The molecule has 5 heterocycles. The summed E-state index contributed by atoms with van der Waals surface area (Å²) in [5, 5.41) is 19.3. The standard InChI is InChI=1S/C27H16N4O3S4/c32-26(30-27-29-21(15-36-27)22-6-3-13-35-22)19-14-16(28-20-5-2-1-4-18(19)20)7-8-17-9-10-23(37-17)24-11-12-25(38-24)31(33)34/h1-15H,(H,29,30,32)/b8-7+. The lowest BCUT2D eigenvalue weighted by Gasteiger charge is -2.07. The Hall–Kier alpha value is -4.03. The van der Waals surface area contributed by atoms with E-state index in [9.17, 15) is 14.9 Å². The van der Waals surface area contributed by atoms with Crippen LogP contribution in [0, 0.1) is 10.1 Å². The predicted molar refractivity (Wildman–Crippen MR) is 158 cm³/mol. The molecule has 1 amide bonds. The number of fused-ring (bicyclic) bond motifs is 1. The number of aromatic nitrogens is 2. The molecule has 1 aromatic carbocycles. The molecular formula is C27H16N4O3S4. The van der Waals surface area contributed by atoms with Crippen LogP contribution in [0.3, 0.4) is 0 Å². The van der Waals surface area contributed by atoms with E-state index in [0.717, 1.165) is 47.4 Å². The van der Waals surface area contributed by atoms with Gasteiger partial charge in [0.25, 0.3) is 5.91 Å². The lowest BCUT2D eigenvalue weighted by Crippen LogP contribution is -2.13. The van der Waals surface area contributed by atoms with Crippen molar-refractivity contribution in [2.75, 3.05) is 5.32 Å². The van der Waals surface area contributed by atoms with E-state index in [1.165, 1.54) is 28.7 Å². The fourth-order valence-corrected chi connectivity index (χ4v) is 7.09.